The number of aryl methyl sites for hydroxylation is 1. The molecular formula is C18H30IN5O3S. The van der Waals surface area contributed by atoms with Gasteiger partial charge in [0.25, 0.3) is 0 Å². The highest BCUT2D eigenvalue weighted by atomic mass is 127. The molecule has 28 heavy (non-hydrogen) atoms. The lowest BCUT2D eigenvalue weighted by Crippen LogP contribution is -2.52. The Morgan fingerprint density at radius 1 is 1.29 bits per heavy atom. The Bertz CT molecular complexity index is 785. The molecule has 1 aliphatic carbocycles. The normalized spacial score (nSPS) is 25.5. The van der Waals surface area contributed by atoms with Gasteiger partial charge in [0.2, 0.25) is 0 Å². The molecule has 1 aromatic heterocycles. The zero-order valence-electron chi connectivity index (χ0n) is 16.3. The average Bonchev–Trinajstić information content (AvgIpc) is 3.26. The zero-order valence-corrected chi connectivity index (χ0v) is 19.5. The monoisotopic (exact) mass is 523 g/mol. The van der Waals surface area contributed by atoms with Gasteiger partial charge in [0, 0.05) is 51.4 Å². The SMILES string of the molecule is Cc1cc(CN2CCN(C(=NCC3CCS(=O)(=O)C3)NC3CC3)CC2)no1.I. The Labute approximate surface area is 184 Å². The van der Waals surface area contributed by atoms with E-state index in [1.54, 1.807) is 0 Å². The molecule has 3 fully saturated rings. The van der Waals surface area contributed by atoms with Crippen molar-refractivity contribution in [2.24, 2.45) is 10.9 Å². The van der Waals surface area contributed by atoms with E-state index >= 15 is 0 Å². The highest BCUT2D eigenvalue weighted by molar-refractivity contribution is 14.0. The van der Waals surface area contributed by atoms with Gasteiger partial charge in [-0.3, -0.25) is 9.89 Å². The highest BCUT2D eigenvalue weighted by Crippen LogP contribution is 2.21. The minimum Gasteiger partial charge on any atom is -0.361 e. The molecule has 0 bridgehead atoms. The van der Waals surface area contributed by atoms with Gasteiger partial charge in [0.15, 0.2) is 15.8 Å². The Kier molecular flexibility index (Phi) is 7.24. The second kappa shape index (κ2) is 9.29. The Morgan fingerprint density at radius 3 is 2.61 bits per heavy atom. The number of hydrogen-bond donors (Lipinski definition) is 1. The van der Waals surface area contributed by atoms with Gasteiger partial charge >= 0.3 is 0 Å². The molecule has 0 aromatic carbocycles. The number of nitrogens with one attached hydrogen (secondary N) is 1. The van der Waals surface area contributed by atoms with Crippen LogP contribution in [0.1, 0.15) is 30.7 Å². The predicted octanol–water partition coefficient (Wildman–Crippen LogP) is 1.26. The van der Waals surface area contributed by atoms with Gasteiger partial charge in [-0.15, -0.1) is 24.0 Å². The van der Waals surface area contributed by atoms with Gasteiger partial charge < -0.3 is 14.7 Å². The van der Waals surface area contributed by atoms with Crippen LogP contribution in [0.4, 0.5) is 0 Å². The second-order valence-electron chi connectivity index (χ2n) is 8.04. The van der Waals surface area contributed by atoms with E-state index in [2.05, 4.69) is 20.3 Å². The molecule has 8 nitrogen and oxygen atoms in total. The van der Waals surface area contributed by atoms with Gasteiger partial charge in [0.05, 0.1) is 17.2 Å². The summed E-state index contributed by atoms with van der Waals surface area (Å²) in [4.78, 5) is 9.50. The summed E-state index contributed by atoms with van der Waals surface area (Å²) in [5, 5.41) is 7.64. The lowest BCUT2D eigenvalue weighted by atomic mass is 10.1. The van der Waals surface area contributed by atoms with Crippen molar-refractivity contribution in [1.82, 2.24) is 20.3 Å². The Morgan fingerprint density at radius 2 is 2.04 bits per heavy atom. The van der Waals surface area contributed by atoms with Gasteiger partial charge in [-0.1, -0.05) is 5.16 Å². The first-order valence-corrected chi connectivity index (χ1v) is 11.7. The number of sulfone groups is 1. The van der Waals surface area contributed by atoms with Crippen molar-refractivity contribution >= 4 is 39.8 Å². The van der Waals surface area contributed by atoms with Crippen LogP contribution in [0, 0.1) is 12.8 Å². The van der Waals surface area contributed by atoms with Gasteiger partial charge in [-0.2, -0.15) is 0 Å². The van der Waals surface area contributed by atoms with Crippen LogP contribution in [0.2, 0.25) is 0 Å². The van der Waals surface area contributed by atoms with E-state index in [1.807, 2.05) is 13.0 Å². The van der Waals surface area contributed by atoms with E-state index in [-0.39, 0.29) is 35.6 Å². The van der Waals surface area contributed by atoms with Crippen molar-refractivity contribution in [2.45, 2.75) is 38.8 Å². The van der Waals surface area contributed by atoms with E-state index in [1.165, 1.54) is 12.8 Å². The lowest BCUT2D eigenvalue weighted by molar-refractivity contribution is 0.168. The van der Waals surface area contributed by atoms with Crippen LogP contribution >= 0.6 is 24.0 Å². The van der Waals surface area contributed by atoms with Crippen LogP contribution in [0.15, 0.2) is 15.6 Å². The summed E-state index contributed by atoms with van der Waals surface area (Å²) in [6.07, 6.45) is 3.14. The smallest absolute Gasteiger partial charge is 0.194 e. The Balaban J connectivity index is 0.00000225. The molecule has 1 aromatic rings. The molecule has 0 amide bonds. The first-order chi connectivity index (χ1) is 13.0. The van der Waals surface area contributed by atoms with E-state index in [0.717, 1.165) is 56.6 Å². The molecule has 3 heterocycles. The third kappa shape index (κ3) is 6.06. The number of hydrogen-bond acceptors (Lipinski definition) is 6. The summed E-state index contributed by atoms with van der Waals surface area (Å²) in [7, 11) is -2.84. The Hall–Kier alpha value is -0.880. The first kappa shape index (κ1) is 21.8. The van der Waals surface area contributed by atoms with Gasteiger partial charge in [-0.25, -0.2) is 8.42 Å². The molecule has 2 aliphatic heterocycles. The molecule has 2 saturated heterocycles. The summed E-state index contributed by atoms with van der Waals surface area (Å²) in [6, 6.07) is 2.52. The van der Waals surface area contributed by atoms with Crippen LogP contribution < -0.4 is 5.32 Å². The van der Waals surface area contributed by atoms with Crippen LogP contribution in [-0.2, 0) is 16.4 Å². The van der Waals surface area contributed by atoms with Gasteiger partial charge in [0.1, 0.15) is 5.76 Å². The third-order valence-corrected chi connectivity index (χ3v) is 7.31. The molecule has 0 radical (unpaired) electrons. The number of nitrogens with zero attached hydrogens (tertiary/aromatic N) is 4. The van der Waals surface area contributed by atoms with Crippen molar-refractivity contribution in [2.75, 3.05) is 44.2 Å². The molecule has 1 N–H and O–H groups in total. The number of aromatic nitrogens is 1. The van der Waals surface area contributed by atoms with Crippen molar-refractivity contribution in [1.29, 1.82) is 0 Å². The number of piperazine rings is 1. The van der Waals surface area contributed by atoms with Crippen molar-refractivity contribution in [3.05, 3.63) is 17.5 Å². The first-order valence-electron chi connectivity index (χ1n) is 9.88. The van der Waals surface area contributed by atoms with E-state index in [4.69, 9.17) is 9.52 Å². The number of guanidine groups is 1. The third-order valence-electron chi connectivity index (χ3n) is 5.47. The minimum atomic E-state index is -2.84. The van der Waals surface area contributed by atoms with E-state index < -0.39 is 9.84 Å². The fraction of sp³-hybridized carbons (Fsp3) is 0.778. The fourth-order valence-electron chi connectivity index (χ4n) is 3.72. The van der Waals surface area contributed by atoms with E-state index in [9.17, 15) is 8.42 Å². The molecule has 4 rings (SSSR count). The maximum Gasteiger partial charge on any atom is 0.194 e. The molecule has 1 atom stereocenters. The topological polar surface area (TPSA) is 91.0 Å². The molecule has 1 saturated carbocycles. The summed E-state index contributed by atoms with van der Waals surface area (Å²) in [5.74, 6) is 2.58. The molecule has 3 aliphatic rings. The number of rotatable bonds is 5. The number of halogens is 1. The molecule has 0 spiro atoms. The second-order valence-corrected chi connectivity index (χ2v) is 10.3. The summed E-state index contributed by atoms with van der Waals surface area (Å²) in [5.41, 5.74) is 0.980. The summed E-state index contributed by atoms with van der Waals surface area (Å²) < 4.78 is 28.5. The maximum atomic E-state index is 11.7. The maximum absolute atomic E-state index is 11.7. The minimum absolute atomic E-state index is 0. The standard InChI is InChI=1S/C18H29N5O3S.HI/c1-14-10-17(21-26-14)12-22-5-7-23(8-6-22)18(20-16-2-3-16)19-11-15-4-9-27(24,25)13-15;/h10,15-16H,2-9,11-13H2,1H3,(H,19,20);1H. The molecule has 10 heteroatoms. The lowest BCUT2D eigenvalue weighted by Gasteiger charge is -2.36. The molecule has 1 unspecified atom stereocenters. The van der Waals surface area contributed by atoms with Crippen molar-refractivity contribution < 1.29 is 12.9 Å². The van der Waals surface area contributed by atoms with Crippen LogP contribution in [0.3, 0.4) is 0 Å². The zero-order chi connectivity index (χ0) is 18.9. The van der Waals surface area contributed by atoms with Crippen LogP contribution in [-0.4, -0.2) is 79.6 Å². The molecule has 158 valence electrons. The fourth-order valence-corrected chi connectivity index (χ4v) is 5.57. The summed E-state index contributed by atoms with van der Waals surface area (Å²) >= 11 is 0. The number of aliphatic imine (C=N–C) groups is 1. The van der Waals surface area contributed by atoms with Crippen LogP contribution in [0.5, 0.6) is 0 Å². The largest absolute Gasteiger partial charge is 0.361 e. The van der Waals surface area contributed by atoms with Crippen molar-refractivity contribution in [3.63, 3.8) is 0 Å². The average molecular weight is 523 g/mol. The quantitative estimate of drug-likeness (QED) is 0.353. The predicted molar refractivity (Wildman–Crippen MR) is 119 cm³/mol. The highest BCUT2D eigenvalue weighted by Gasteiger charge is 2.30. The summed E-state index contributed by atoms with van der Waals surface area (Å²) in [6.45, 7) is 7.07. The molecular weight excluding hydrogens is 493 g/mol. The van der Waals surface area contributed by atoms with Gasteiger partial charge in [-0.05, 0) is 32.1 Å². The van der Waals surface area contributed by atoms with Crippen molar-refractivity contribution in [3.8, 4) is 0 Å². The van der Waals surface area contributed by atoms with Crippen LogP contribution in [0.25, 0.3) is 0 Å². The van der Waals surface area contributed by atoms with E-state index in [0.29, 0.717) is 18.3 Å².